The molecule has 1 aliphatic rings. The maximum Gasteiger partial charge on any atom is 0.315 e. The lowest BCUT2D eigenvalue weighted by molar-refractivity contribution is 0.223. The van der Waals surface area contributed by atoms with Gasteiger partial charge in [0.05, 0.1) is 17.0 Å². The number of urea groups is 1. The molecule has 0 bridgehead atoms. The third-order valence-electron chi connectivity index (χ3n) is 3.76. The topological polar surface area (TPSA) is 88.2 Å². The van der Waals surface area contributed by atoms with Gasteiger partial charge < -0.3 is 10.6 Å². The van der Waals surface area contributed by atoms with Crippen molar-refractivity contribution in [1.29, 1.82) is 0 Å². The normalized spacial score (nSPS) is 23.5. The van der Waals surface area contributed by atoms with Gasteiger partial charge in [0.2, 0.25) is 0 Å². The first-order chi connectivity index (χ1) is 9.74. The van der Waals surface area contributed by atoms with Crippen molar-refractivity contribution in [3.63, 3.8) is 0 Å². The molecule has 2 amide bonds. The summed E-state index contributed by atoms with van der Waals surface area (Å²) in [7, 11) is -2.99. The molecule has 1 aliphatic heterocycles. The molecule has 0 saturated carbocycles. The van der Waals surface area contributed by atoms with Crippen LogP contribution in [0.15, 0.2) is 5.38 Å². The van der Waals surface area contributed by atoms with Gasteiger partial charge in [-0.1, -0.05) is 6.92 Å². The number of amides is 2. The van der Waals surface area contributed by atoms with Crippen LogP contribution < -0.4 is 10.6 Å². The Kier molecular flexibility index (Phi) is 4.57. The van der Waals surface area contributed by atoms with Crippen LogP contribution >= 0.6 is 11.3 Å². The highest BCUT2D eigenvalue weighted by atomic mass is 32.2. The third-order valence-corrected chi connectivity index (χ3v) is 6.75. The number of aryl methyl sites for hydroxylation is 1. The quantitative estimate of drug-likeness (QED) is 0.876. The maximum atomic E-state index is 12.1. The van der Waals surface area contributed by atoms with Gasteiger partial charge in [-0.3, -0.25) is 0 Å². The van der Waals surface area contributed by atoms with Gasteiger partial charge in [-0.25, -0.2) is 18.2 Å². The molecule has 0 aliphatic carbocycles. The number of sulfone groups is 1. The van der Waals surface area contributed by atoms with E-state index in [0.29, 0.717) is 12.8 Å². The predicted octanol–water partition coefficient (Wildman–Crippen LogP) is 1.56. The monoisotopic (exact) mass is 331 g/mol. The standard InChI is InChI=1S/C13H21N3O3S2/c1-4-13(3,11-14-9(2)7-20-11)16-12(17)15-10-5-6-21(18,19)8-10/h7,10H,4-6,8H2,1-3H3,(H2,15,16,17)/t10-,13-/m1/s1. The second-order valence-corrected chi connectivity index (χ2v) is 8.76. The third kappa shape index (κ3) is 3.94. The maximum absolute atomic E-state index is 12.1. The summed E-state index contributed by atoms with van der Waals surface area (Å²) >= 11 is 1.52. The Hall–Kier alpha value is -1.15. The van der Waals surface area contributed by atoms with Crippen molar-refractivity contribution in [2.45, 2.75) is 45.2 Å². The smallest absolute Gasteiger partial charge is 0.315 e. The number of hydrogen-bond donors (Lipinski definition) is 2. The molecular formula is C13H21N3O3S2. The molecule has 0 radical (unpaired) electrons. The van der Waals surface area contributed by atoms with E-state index in [0.717, 1.165) is 10.7 Å². The molecule has 1 aromatic rings. The number of rotatable bonds is 4. The highest BCUT2D eigenvalue weighted by Gasteiger charge is 2.33. The fourth-order valence-corrected chi connectivity index (χ4v) is 4.94. The van der Waals surface area contributed by atoms with Crippen molar-refractivity contribution in [3.8, 4) is 0 Å². The highest BCUT2D eigenvalue weighted by molar-refractivity contribution is 7.91. The SMILES string of the molecule is CC[C@@](C)(NC(=O)N[C@@H]1CCS(=O)(=O)C1)c1nc(C)cs1. The fraction of sp³-hybridized carbons (Fsp3) is 0.692. The Morgan fingerprint density at radius 3 is 2.76 bits per heavy atom. The summed E-state index contributed by atoms with van der Waals surface area (Å²) in [6.07, 6.45) is 1.19. The minimum atomic E-state index is -2.99. The molecule has 6 nitrogen and oxygen atoms in total. The molecule has 21 heavy (non-hydrogen) atoms. The average molecular weight is 331 g/mol. The fourth-order valence-electron chi connectivity index (χ4n) is 2.28. The van der Waals surface area contributed by atoms with Gasteiger partial charge in [0, 0.05) is 17.1 Å². The van der Waals surface area contributed by atoms with E-state index in [4.69, 9.17) is 0 Å². The molecule has 2 atom stereocenters. The Balaban J connectivity index is 2.00. The number of aromatic nitrogens is 1. The van der Waals surface area contributed by atoms with Crippen LogP contribution in [-0.2, 0) is 15.4 Å². The molecule has 0 unspecified atom stereocenters. The molecule has 0 spiro atoms. The van der Waals surface area contributed by atoms with E-state index in [9.17, 15) is 13.2 Å². The largest absolute Gasteiger partial charge is 0.334 e. The van der Waals surface area contributed by atoms with Gasteiger partial charge >= 0.3 is 6.03 Å². The second-order valence-electron chi connectivity index (χ2n) is 5.68. The second kappa shape index (κ2) is 5.92. The number of nitrogens with zero attached hydrogens (tertiary/aromatic N) is 1. The van der Waals surface area contributed by atoms with Crippen molar-refractivity contribution in [2.75, 3.05) is 11.5 Å². The van der Waals surface area contributed by atoms with E-state index >= 15 is 0 Å². The van der Waals surface area contributed by atoms with Crippen LogP contribution in [0.3, 0.4) is 0 Å². The number of carbonyl (C=O) groups is 1. The summed E-state index contributed by atoms with van der Waals surface area (Å²) < 4.78 is 22.8. The summed E-state index contributed by atoms with van der Waals surface area (Å²) in [5, 5.41) is 8.49. The molecule has 8 heteroatoms. The summed E-state index contributed by atoms with van der Waals surface area (Å²) in [5.74, 6) is 0.175. The first-order valence-electron chi connectivity index (χ1n) is 6.96. The Morgan fingerprint density at radius 2 is 2.29 bits per heavy atom. The minimum absolute atomic E-state index is 0.0274. The number of hydrogen-bond acceptors (Lipinski definition) is 5. The van der Waals surface area contributed by atoms with E-state index in [1.807, 2.05) is 26.2 Å². The van der Waals surface area contributed by atoms with Crippen LogP contribution in [0.5, 0.6) is 0 Å². The van der Waals surface area contributed by atoms with Crippen molar-refractivity contribution < 1.29 is 13.2 Å². The molecular weight excluding hydrogens is 310 g/mol. The molecule has 1 fully saturated rings. The zero-order valence-corrected chi connectivity index (χ0v) is 14.1. The van der Waals surface area contributed by atoms with Crippen molar-refractivity contribution >= 4 is 27.2 Å². The lowest BCUT2D eigenvalue weighted by Gasteiger charge is -2.28. The summed E-state index contributed by atoms with van der Waals surface area (Å²) in [6, 6.07) is -0.636. The van der Waals surface area contributed by atoms with Gasteiger partial charge in [0.15, 0.2) is 9.84 Å². The summed E-state index contributed by atoms with van der Waals surface area (Å²) in [5.41, 5.74) is 0.388. The molecule has 0 aromatic carbocycles. The van der Waals surface area contributed by atoms with Crippen LogP contribution in [-0.4, -0.2) is 37.0 Å². The lowest BCUT2D eigenvalue weighted by Crippen LogP contribution is -2.50. The molecule has 2 N–H and O–H groups in total. The van der Waals surface area contributed by atoms with Crippen LogP contribution in [0.25, 0.3) is 0 Å². The number of thiazole rings is 1. The van der Waals surface area contributed by atoms with E-state index in [1.165, 1.54) is 11.3 Å². The van der Waals surface area contributed by atoms with Crippen LogP contribution in [0.4, 0.5) is 4.79 Å². The van der Waals surface area contributed by atoms with Gasteiger partial charge in [-0.05, 0) is 26.7 Å². The zero-order chi connectivity index (χ0) is 15.7. The van der Waals surface area contributed by atoms with E-state index in [-0.39, 0.29) is 23.6 Å². The molecule has 1 aromatic heterocycles. The first kappa shape index (κ1) is 16.2. The van der Waals surface area contributed by atoms with Gasteiger partial charge in [0.25, 0.3) is 0 Å². The van der Waals surface area contributed by atoms with E-state index in [2.05, 4.69) is 15.6 Å². The summed E-state index contributed by atoms with van der Waals surface area (Å²) in [4.78, 5) is 16.6. The van der Waals surface area contributed by atoms with Crippen LogP contribution in [0, 0.1) is 6.92 Å². The van der Waals surface area contributed by atoms with E-state index in [1.54, 1.807) is 0 Å². The lowest BCUT2D eigenvalue weighted by atomic mass is 10.0. The number of carbonyl (C=O) groups excluding carboxylic acids is 1. The van der Waals surface area contributed by atoms with Crippen LogP contribution in [0.2, 0.25) is 0 Å². The van der Waals surface area contributed by atoms with Crippen LogP contribution in [0.1, 0.15) is 37.4 Å². The van der Waals surface area contributed by atoms with Crippen molar-refractivity contribution in [1.82, 2.24) is 15.6 Å². The van der Waals surface area contributed by atoms with Gasteiger partial charge in [-0.2, -0.15) is 0 Å². The molecule has 2 heterocycles. The van der Waals surface area contributed by atoms with Gasteiger partial charge in [0.1, 0.15) is 5.01 Å². The Labute approximate surface area is 129 Å². The van der Waals surface area contributed by atoms with E-state index < -0.39 is 15.4 Å². The van der Waals surface area contributed by atoms with Crippen molar-refractivity contribution in [2.24, 2.45) is 0 Å². The first-order valence-corrected chi connectivity index (χ1v) is 9.66. The van der Waals surface area contributed by atoms with Crippen molar-refractivity contribution in [3.05, 3.63) is 16.1 Å². The minimum Gasteiger partial charge on any atom is -0.334 e. The van der Waals surface area contributed by atoms with Gasteiger partial charge in [-0.15, -0.1) is 11.3 Å². The zero-order valence-electron chi connectivity index (χ0n) is 12.5. The Morgan fingerprint density at radius 1 is 1.57 bits per heavy atom. The average Bonchev–Trinajstić information content (AvgIpc) is 2.95. The molecule has 1 saturated heterocycles. The molecule has 2 rings (SSSR count). The Bertz CT molecular complexity index is 626. The predicted molar refractivity (Wildman–Crippen MR) is 83.2 cm³/mol. The highest BCUT2D eigenvalue weighted by Crippen LogP contribution is 2.27. The number of nitrogens with one attached hydrogen (secondary N) is 2. The molecule has 118 valence electrons. The summed E-state index contributed by atoms with van der Waals surface area (Å²) in [6.45, 7) is 5.83.